The van der Waals surface area contributed by atoms with Gasteiger partial charge < -0.3 is 14.2 Å². The maximum atomic E-state index is 12.7. The lowest BCUT2D eigenvalue weighted by atomic mass is 10.0. The fourth-order valence-corrected chi connectivity index (χ4v) is 7.81. The molecule has 0 unspecified atom stereocenters. The Morgan fingerprint density at radius 3 is 0.845 bits per heavy atom. The van der Waals surface area contributed by atoms with Gasteiger partial charge in [-0.3, -0.25) is 14.4 Å². The number of carbonyl (C=O) groups is 3. The first-order chi connectivity index (χ1) is 28.2. The summed E-state index contributed by atoms with van der Waals surface area (Å²) < 4.78 is 16.8. The second-order valence-electron chi connectivity index (χ2n) is 18.8. The van der Waals surface area contributed by atoms with Gasteiger partial charge in [-0.15, -0.1) is 0 Å². The summed E-state index contributed by atoms with van der Waals surface area (Å²) in [6.07, 6.45) is 45.2. The second-order valence-corrected chi connectivity index (χ2v) is 18.8. The van der Waals surface area contributed by atoms with E-state index in [0.29, 0.717) is 19.3 Å². The van der Waals surface area contributed by atoms with Gasteiger partial charge in [-0.1, -0.05) is 247 Å². The van der Waals surface area contributed by atoms with Crippen molar-refractivity contribution < 1.29 is 28.6 Å². The number of hydrogen-bond acceptors (Lipinski definition) is 6. The monoisotopic (exact) mass is 821 g/mol. The number of hydrogen-bond donors (Lipinski definition) is 0. The molecule has 0 aliphatic rings. The van der Waals surface area contributed by atoms with Crippen molar-refractivity contribution in [1.82, 2.24) is 0 Å². The van der Waals surface area contributed by atoms with Gasteiger partial charge in [-0.05, 0) is 31.1 Å². The zero-order valence-corrected chi connectivity index (χ0v) is 39.7. The molecule has 0 aromatic carbocycles. The Kier molecular flexibility index (Phi) is 43.7. The average Bonchev–Trinajstić information content (AvgIpc) is 3.19. The average molecular weight is 821 g/mol. The lowest BCUT2D eigenvalue weighted by Gasteiger charge is -2.18. The molecule has 0 aromatic heterocycles. The summed E-state index contributed by atoms with van der Waals surface area (Å²) in [5.41, 5.74) is 0. The van der Waals surface area contributed by atoms with E-state index < -0.39 is 6.10 Å². The highest BCUT2D eigenvalue weighted by Crippen LogP contribution is 2.17. The van der Waals surface area contributed by atoms with E-state index in [-0.39, 0.29) is 31.1 Å². The minimum atomic E-state index is -0.760. The van der Waals surface area contributed by atoms with Crippen LogP contribution < -0.4 is 0 Å². The molecule has 0 aliphatic carbocycles. The van der Waals surface area contributed by atoms with Crippen molar-refractivity contribution in [2.75, 3.05) is 13.2 Å². The lowest BCUT2D eigenvalue weighted by molar-refractivity contribution is -0.167. The highest BCUT2D eigenvalue weighted by Gasteiger charge is 2.19. The van der Waals surface area contributed by atoms with Crippen molar-refractivity contribution in [3.63, 3.8) is 0 Å². The first-order valence-electron chi connectivity index (χ1n) is 25.7. The number of rotatable bonds is 46. The van der Waals surface area contributed by atoms with Gasteiger partial charge >= 0.3 is 17.9 Å². The van der Waals surface area contributed by atoms with E-state index >= 15 is 0 Å². The molecule has 0 spiro atoms. The molecule has 0 amide bonds. The third-order valence-corrected chi connectivity index (χ3v) is 11.7. The van der Waals surface area contributed by atoms with Gasteiger partial charge in [0.2, 0.25) is 0 Å². The number of unbranched alkanes of at least 4 members (excludes halogenated alkanes) is 31. The van der Waals surface area contributed by atoms with Crippen molar-refractivity contribution in [1.29, 1.82) is 0 Å². The van der Waals surface area contributed by atoms with Crippen LogP contribution in [-0.2, 0) is 28.6 Å². The molecule has 1 atom stereocenters. The molecule has 0 N–H and O–H groups in total. The standard InChI is InChI=1S/C52H100O6/c1-6-7-8-9-10-20-29-34-39-44-52(55)58-49(46-57-51(54)43-38-33-28-24-19-18-22-26-31-36-41-48(4)5)45-56-50(53)42-37-32-27-23-17-15-13-11-12-14-16-21-25-30-35-40-47(2)3/h47-49H,6-46H2,1-5H3/t49-/m1/s1. The molecule has 0 radical (unpaired) electrons. The number of esters is 3. The molecule has 6 nitrogen and oxygen atoms in total. The van der Waals surface area contributed by atoms with Gasteiger partial charge in [0.1, 0.15) is 13.2 Å². The number of ether oxygens (including phenoxy) is 3. The van der Waals surface area contributed by atoms with E-state index in [1.807, 2.05) is 0 Å². The van der Waals surface area contributed by atoms with Crippen LogP contribution in [0.3, 0.4) is 0 Å². The highest BCUT2D eigenvalue weighted by molar-refractivity contribution is 5.71. The second kappa shape index (κ2) is 44.9. The summed E-state index contributed by atoms with van der Waals surface area (Å²) in [7, 11) is 0. The summed E-state index contributed by atoms with van der Waals surface area (Å²) >= 11 is 0. The van der Waals surface area contributed by atoms with Crippen LogP contribution in [0.1, 0.15) is 285 Å². The maximum absolute atomic E-state index is 12.7. The van der Waals surface area contributed by atoms with E-state index in [4.69, 9.17) is 14.2 Å². The molecular weight excluding hydrogens is 721 g/mol. The van der Waals surface area contributed by atoms with Crippen LogP contribution in [-0.4, -0.2) is 37.2 Å². The molecule has 0 bridgehead atoms. The molecule has 0 heterocycles. The summed E-state index contributed by atoms with van der Waals surface area (Å²) in [6.45, 7) is 11.4. The van der Waals surface area contributed by atoms with Gasteiger partial charge in [0.05, 0.1) is 0 Å². The largest absolute Gasteiger partial charge is 0.462 e. The normalized spacial score (nSPS) is 12.1. The Balaban J connectivity index is 4.22. The molecule has 344 valence electrons. The minimum absolute atomic E-state index is 0.0639. The first kappa shape index (κ1) is 56.4. The molecule has 0 saturated carbocycles. The van der Waals surface area contributed by atoms with Crippen LogP contribution >= 0.6 is 0 Å². The van der Waals surface area contributed by atoms with Gasteiger partial charge in [0.25, 0.3) is 0 Å². The van der Waals surface area contributed by atoms with Crippen LogP contribution in [0, 0.1) is 11.8 Å². The molecular formula is C52H100O6. The van der Waals surface area contributed by atoms with E-state index in [9.17, 15) is 14.4 Å². The van der Waals surface area contributed by atoms with Gasteiger partial charge in [0, 0.05) is 19.3 Å². The fourth-order valence-electron chi connectivity index (χ4n) is 7.81. The zero-order valence-electron chi connectivity index (χ0n) is 39.7. The molecule has 0 aliphatic heterocycles. The van der Waals surface area contributed by atoms with Crippen molar-refractivity contribution in [2.45, 2.75) is 291 Å². The van der Waals surface area contributed by atoms with Gasteiger partial charge in [-0.2, -0.15) is 0 Å². The summed E-state index contributed by atoms with van der Waals surface area (Å²) in [6, 6.07) is 0. The molecule has 6 heteroatoms. The number of carbonyl (C=O) groups excluding carboxylic acids is 3. The minimum Gasteiger partial charge on any atom is -0.462 e. The summed E-state index contributed by atoms with van der Waals surface area (Å²) in [5.74, 6) is 0.816. The first-order valence-corrected chi connectivity index (χ1v) is 25.7. The lowest BCUT2D eigenvalue weighted by Crippen LogP contribution is -2.30. The molecule has 0 aromatic rings. The van der Waals surface area contributed by atoms with Crippen LogP contribution in [0.4, 0.5) is 0 Å². The molecule has 0 rings (SSSR count). The third kappa shape index (κ3) is 45.5. The topological polar surface area (TPSA) is 78.9 Å². The van der Waals surface area contributed by atoms with Crippen LogP contribution in [0.15, 0.2) is 0 Å². The Morgan fingerprint density at radius 1 is 0.328 bits per heavy atom. The van der Waals surface area contributed by atoms with E-state index in [1.54, 1.807) is 0 Å². The molecule has 0 fully saturated rings. The van der Waals surface area contributed by atoms with Crippen LogP contribution in [0.5, 0.6) is 0 Å². The Morgan fingerprint density at radius 2 is 0.569 bits per heavy atom. The fraction of sp³-hybridized carbons (Fsp3) is 0.942. The van der Waals surface area contributed by atoms with Crippen LogP contribution in [0.2, 0.25) is 0 Å². The van der Waals surface area contributed by atoms with E-state index in [1.165, 1.54) is 173 Å². The Bertz CT molecular complexity index is 885. The zero-order chi connectivity index (χ0) is 42.6. The van der Waals surface area contributed by atoms with Crippen molar-refractivity contribution in [2.24, 2.45) is 11.8 Å². The molecule has 58 heavy (non-hydrogen) atoms. The quantitative estimate of drug-likeness (QED) is 0.0346. The SMILES string of the molecule is CCCCCCCCCCCC(=O)O[C@H](COC(=O)CCCCCCCCCCCCCCCCCC(C)C)COC(=O)CCCCCCCCCCCCC(C)C. The Hall–Kier alpha value is -1.59. The summed E-state index contributed by atoms with van der Waals surface area (Å²) in [4.78, 5) is 37.8. The summed E-state index contributed by atoms with van der Waals surface area (Å²) in [5, 5.41) is 0. The van der Waals surface area contributed by atoms with Gasteiger partial charge in [0.15, 0.2) is 6.10 Å². The third-order valence-electron chi connectivity index (χ3n) is 11.7. The smallest absolute Gasteiger partial charge is 0.306 e. The van der Waals surface area contributed by atoms with Crippen molar-refractivity contribution >= 4 is 17.9 Å². The predicted molar refractivity (Wildman–Crippen MR) is 247 cm³/mol. The maximum Gasteiger partial charge on any atom is 0.306 e. The van der Waals surface area contributed by atoms with Gasteiger partial charge in [-0.25, -0.2) is 0 Å². The predicted octanol–water partition coefficient (Wildman–Crippen LogP) is 16.5. The van der Waals surface area contributed by atoms with E-state index in [2.05, 4.69) is 34.6 Å². The highest BCUT2D eigenvalue weighted by atomic mass is 16.6. The van der Waals surface area contributed by atoms with E-state index in [0.717, 1.165) is 69.6 Å². The molecule has 0 saturated heterocycles. The van der Waals surface area contributed by atoms with Crippen LogP contribution in [0.25, 0.3) is 0 Å². The van der Waals surface area contributed by atoms with Crippen molar-refractivity contribution in [3.05, 3.63) is 0 Å². The Labute approximate surface area is 361 Å². The van der Waals surface area contributed by atoms with Crippen molar-refractivity contribution in [3.8, 4) is 0 Å².